The molecule has 1 fully saturated rings. The van der Waals surface area contributed by atoms with Gasteiger partial charge >= 0.3 is 0 Å². The molecule has 0 saturated carbocycles. The number of carbonyl (C=O) groups excluding carboxylic acids is 1. The summed E-state index contributed by atoms with van der Waals surface area (Å²) in [6, 6.07) is 8.46. The highest BCUT2D eigenvalue weighted by Gasteiger charge is 2.23. The van der Waals surface area contributed by atoms with Gasteiger partial charge in [-0.15, -0.1) is 17.5 Å². The number of hydrogen-bond acceptors (Lipinski definition) is 4. The number of nitrogens with zero attached hydrogens (tertiary/aromatic N) is 3. The minimum atomic E-state index is -0.165. The van der Waals surface area contributed by atoms with Crippen molar-refractivity contribution >= 4 is 18.3 Å². The fourth-order valence-electron chi connectivity index (χ4n) is 3.38. The average molecular weight is 378 g/mol. The number of benzene rings is 1. The van der Waals surface area contributed by atoms with Crippen molar-refractivity contribution in [3.8, 4) is 0 Å². The molecule has 1 saturated heterocycles. The van der Waals surface area contributed by atoms with Gasteiger partial charge in [-0.05, 0) is 49.9 Å². The highest BCUT2D eigenvalue weighted by Crippen LogP contribution is 2.25. The number of piperidine rings is 1. The number of halogens is 1. The van der Waals surface area contributed by atoms with E-state index in [4.69, 9.17) is 0 Å². The standard InChI is InChI=1S/C19H27N5O.ClH/c1-13(2)18(16-7-5-4-6-14(16)3)21-19(25)17-12-24(23-22-17)15-8-10-20-11-9-15;/h4-7,12-13,15,18,20H,8-11H2,1-3H3,(H,21,25);1H. The number of amides is 1. The smallest absolute Gasteiger partial charge is 0.273 e. The lowest BCUT2D eigenvalue weighted by Crippen LogP contribution is -2.32. The molecule has 0 bridgehead atoms. The van der Waals surface area contributed by atoms with Crippen LogP contribution in [0, 0.1) is 12.8 Å². The van der Waals surface area contributed by atoms with Gasteiger partial charge in [0.25, 0.3) is 5.91 Å². The quantitative estimate of drug-likeness (QED) is 0.840. The molecule has 2 aromatic rings. The van der Waals surface area contributed by atoms with Gasteiger partial charge in [0, 0.05) is 0 Å². The van der Waals surface area contributed by atoms with Crippen LogP contribution >= 0.6 is 12.4 Å². The highest BCUT2D eigenvalue weighted by atomic mass is 35.5. The maximum atomic E-state index is 12.7. The Morgan fingerprint density at radius 3 is 2.62 bits per heavy atom. The SMILES string of the molecule is Cc1ccccc1C(NC(=O)c1cn(C2CCNCC2)nn1)C(C)C.Cl. The van der Waals surface area contributed by atoms with Gasteiger partial charge in [0.05, 0.1) is 18.3 Å². The van der Waals surface area contributed by atoms with Crippen molar-refractivity contribution in [1.29, 1.82) is 0 Å². The fraction of sp³-hybridized carbons (Fsp3) is 0.526. The molecular weight excluding hydrogens is 350 g/mol. The summed E-state index contributed by atoms with van der Waals surface area (Å²) < 4.78 is 1.84. The Balaban J connectivity index is 0.00000243. The minimum absolute atomic E-state index is 0. The van der Waals surface area contributed by atoms with E-state index in [1.165, 1.54) is 5.56 Å². The van der Waals surface area contributed by atoms with Gasteiger partial charge in [-0.1, -0.05) is 43.3 Å². The Morgan fingerprint density at radius 1 is 1.27 bits per heavy atom. The van der Waals surface area contributed by atoms with Crippen LogP contribution in [0.25, 0.3) is 0 Å². The summed E-state index contributed by atoms with van der Waals surface area (Å²) in [6.45, 7) is 8.26. The number of hydrogen-bond donors (Lipinski definition) is 2. The van der Waals surface area contributed by atoms with Crippen molar-refractivity contribution in [2.45, 2.75) is 45.7 Å². The first-order chi connectivity index (χ1) is 12.1. The monoisotopic (exact) mass is 377 g/mol. The lowest BCUT2D eigenvalue weighted by molar-refractivity contribution is 0.0920. The Bertz CT molecular complexity index is 724. The van der Waals surface area contributed by atoms with Gasteiger partial charge in [0.1, 0.15) is 0 Å². The number of aryl methyl sites for hydroxylation is 1. The second-order valence-corrected chi connectivity index (χ2v) is 7.12. The molecule has 1 aromatic heterocycles. The van der Waals surface area contributed by atoms with Crippen molar-refractivity contribution in [2.75, 3.05) is 13.1 Å². The van der Waals surface area contributed by atoms with Crippen LogP contribution in [0.2, 0.25) is 0 Å². The van der Waals surface area contributed by atoms with Crippen molar-refractivity contribution in [1.82, 2.24) is 25.6 Å². The molecule has 26 heavy (non-hydrogen) atoms. The van der Waals surface area contributed by atoms with Gasteiger partial charge in [-0.25, -0.2) is 4.68 Å². The third-order valence-corrected chi connectivity index (χ3v) is 4.90. The molecule has 0 aliphatic carbocycles. The fourth-order valence-corrected chi connectivity index (χ4v) is 3.38. The summed E-state index contributed by atoms with van der Waals surface area (Å²) in [6.07, 6.45) is 3.81. The van der Waals surface area contributed by atoms with E-state index in [1.54, 1.807) is 6.20 Å². The topological polar surface area (TPSA) is 71.8 Å². The van der Waals surface area contributed by atoms with E-state index < -0.39 is 0 Å². The molecule has 2 N–H and O–H groups in total. The second-order valence-electron chi connectivity index (χ2n) is 7.12. The van der Waals surface area contributed by atoms with Crippen LogP contribution in [-0.2, 0) is 0 Å². The molecule has 1 atom stereocenters. The molecule has 2 heterocycles. The Kier molecular flexibility index (Phi) is 7.17. The maximum Gasteiger partial charge on any atom is 0.273 e. The Morgan fingerprint density at radius 2 is 1.96 bits per heavy atom. The summed E-state index contributed by atoms with van der Waals surface area (Å²) in [5.41, 5.74) is 2.72. The molecule has 0 spiro atoms. The zero-order chi connectivity index (χ0) is 17.8. The molecular formula is C19H28ClN5O. The van der Waals surface area contributed by atoms with Crippen LogP contribution in [0.3, 0.4) is 0 Å². The number of aromatic nitrogens is 3. The van der Waals surface area contributed by atoms with Crippen molar-refractivity contribution in [3.05, 3.63) is 47.3 Å². The number of nitrogens with one attached hydrogen (secondary N) is 2. The van der Waals surface area contributed by atoms with E-state index in [9.17, 15) is 4.79 Å². The Labute approximate surface area is 161 Å². The van der Waals surface area contributed by atoms with Crippen molar-refractivity contribution in [3.63, 3.8) is 0 Å². The van der Waals surface area contributed by atoms with Gasteiger partial charge in [0.15, 0.2) is 5.69 Å². The van der Waals surface area contributed by atoms with Gasteiger partial charge in [-0.2, -0.15) is 0 Å². The summed E-state index contributed by atoms with van der Waals surface area (Å²) in [5.74, 6) is 0.117. The molecule has 3 rings (SSSR count). The third kappa shape index (κ3) is 4.62. The molecule has 1 aliphatic heterocycles. The van der Waals surface area contributed by atoms with Crippen LogP contribution in [0.1, 0.15) is 60.4 Å². The number of rotatable bonds is 5. The zero-order valence-corrected chi connectivity index (χ0v) is 16.4. The highest BCUT2D eigenvalue weighted by molar-refractivity contribution is 5.92. The molecule has 0 radical (unpaired) electrons. The van der Waals surface area contributed by atoms with Crippen LogP contribution in [0.4, 0.5) is 0 Å². The number of carbonyl (C=O) groups is 1. The first-order valence-electron chi connectivity index (χ1n) is 9.05. The largest absolute Gasteiger partial charge is 0.344 e. The summed E-state index contributed by atoms with van der Waals surface area (Å²) in [7, 11) is 0. The van der Waals surface area contributed by atoms with Crippen LogP contribution < -0.4 is 10.6 Å². The van der Waals surface area contributed by atoms with Crippen LogP contribution in [0.5, 0.6) is 0 Å². The predicted molar refractivity (Wildman–Crippen MR) is 105 cm³/mol. The Hall–Kier alpha value is -1.92. The maximum absolute atomic E-state index is 12.7. The first-order valence-corrected chi connectivity index (χ1v) is 9.05. The summed E-state index contributed by atoms with van der Waals surface area (Å²) >= 11 is 0. The van der Waals surface area contributed by atoms with Crippen LogP contribution in [0.15, 0.2) is 30.5 Å². The van der Waals surface area contributed by atoms with E-state index in [0.29, 0.717) is 11.7 Å². The molecule has 1 aromatic carbocycles. The summed E-state index contributed by atoms with van der Waals surface area (Å²) in [4.78, 5) is 12.7. The van der Waals surface area contributed by atoms with E-state index in [2.05, 4.69) is 53.8 Å². The third-order valence-electron chi connectivity index (χ3n) is 4.90. The van der Waals surface area contributed by atoms with Crippen molar-refractivity contribution in [2.24, 2.45) is 5.92 Å². The van der Waals surface area contributed by atoms with Gasteiger partial charge < -0.3 is 10.6 Å². The molecule has 7 heteroatoms. The lowest BCUT2D eigenvalue weighted by atomic mass is 9.92. The molecule has 1 unspecified atom stereocenters. The minimum Gasteiger partial charge on any atom is -0.344 e. The van der Waals surface area contributed by atoms with E-state index in [0.717, 1.165) is 31.5 Å². The molecule has 1 aliphatic rings. The average Bonchev–Trinajstić information content (AvgIpc) is 3.11. The van der Waals surface area contributed by atoms with Crippen LogP contribution in [-0.4, -0.2) is 34.0 Å². The first kappa shape index (κ1) is 20.4. The van der Waals surface area contributed by atoms with E-state index in [-0.39, 0.29) is 30.3 Å². The second kappa shape index (κ2) is 9.14. The normalized spacial score (nSPS) is 16.2. The van der Waals surface area contributed by atoms with Gasteiger partial charge in [-0.3, -0.25) is 4.79 Å². The van der Waals surface area contributed by atoms with E-state index in [1.807, 2.05) is 16.8 Å². The van der Waals surface area contributed by atoms with E-state index >= 15 is 0 Å². The van der Waals surface area contributed by atoms with Crippen molar-refractivity contribution < 1.29 is 4.79 Å². The molecule has 6 nitrogen and oxygen atoms in total. The molecule has 1 amide bonds. The molecule has 142 valence electrons. The summed E-state index contributed by atoms with van der Waals surface area (Å²) in [5, 5.41) is 14.8. The lowest BCUT2D eigenvalue weighted by Gasteiger charge is -2.24. The van der Waals surface area contributed by atoms with Gasteiger partial charge in [0.2, 0.25) is 0 Å². The predicted octanol–water partition coefficient (Wildman–Crippen LogP) is 3.06. The zero-order valence-electron chi connectivity index (χ0n) is 15.6.